The van der Waals surface area contributed by atoms with Crippen LogP contribution in [0, 0.1) is 20.8 Å². The number of nitrogens with two attached hydrogens (primary N) is 1. The lowest BCUT2D eigenvalue weighted by molar-refractivity contribution is 0.828. The first-order chi connectivity index (χ1) is 7.49. The van der Waals surface area contributed by atoms with E-state index >= 15 is 0 Å². The molecule has 0 radical (unpaired) electrons. The molecule has 3 nitrogen and oxygen atoms in total. The van der Waals surface area contributed by atoms with Gasteiger partial charge < -0.3 is 5.73 Å². The van der Waals surface area contributed by atoms with Gasteiger partial charge in [-0.1, -0.05) is 11.6 Å². The Morgan fingerprint density at radius 3 is 2.44 bits per heavy atom. The molecule has 1 aromatic heterocycles. The van der Waals surface area contributed by atoms with Gasteiger partial charge in [-0.2, -0.15) is 5.10 Å². The monoisotopic (exact) mass is 235 g/mol. The van der Waals surface area contributed by atoms with E-state index in [1.807, 2.05) is 43.7 Å². The summed E-state index contributed by atoms with van der Waals surface area (Å²) in [6, 6.07) is 5.75. The highest BCUT2D eigenvalue weighted by atomic mass is 35.5. The Morgan fingerprint density at radius 2 is 1.88 bits per heavy atom. The Hall–Kier alpha value is -1.48. The molecule has 84 valence electrons. The van der Waals surface area contributed by atoms with Gasteiger partial charge in [0.15, 0.2) is 0 Å². The minimum Gasteiger partial charge on any atom is -0.398 e. The topological polar surface area (TPSA) is 43.8 Å². The van der Waals surface area contributed by atoms with Gasteiger partial charge in [-0.3, -0.25) is 0 Å². The van der Waals surface area contributed by atoms with E-state index in [-0.39, 0.29) is 0 Å². The number of aryl methyl sites for hydroxylation is 3. The minimum absolute atomic E-state index is 0.563. The van der Waals surface area contributed by atoms with Crippen LogP contribution in [-0.4, -0.2) is 9.78 Å². The Labute approximate surface area is 99.8 Å². The zero-order valence-electron chi connectivity index (χ0n) is 9.58. The first kappa shape index (κ1) is 11.0. The normalized spacial score (nSPS) is 10.8. The highest BCUT2D eigenvalue weighted by molar-refractivity contribution is 6.33. The van der Waals surface area contributed by atoms with E-state index in [1.54, 1.807) is 0 Å². The van der Waals surface area contributed by atoms with Gasteiger partial charge in [0, 0.05) is 5.69 Å². The summed E-state index contributed by atoms with van der Waals surface area (Å²) in [4.78, 5) is 0. The van der Waals surface area contributed by atoms with Gasteiger partial charge in [-0.05, 0) is 44.5 Å². The van der Waals surface area contributed by atoms with Gasteiger partial charge in [-0.25, -0.2) is 4.68 Å². The number of aromatic nitrogens is 2. The summed E-state index contributed by atoms with van der Waals surface area (Å²) < 4.78 is 1.88. The third-order valence-electron chi connectivity index (χ3n) is 2.55. The fourth-order valence-corrected chi connectivity index (χ4v) is 1.95. The Kier molecular flexibility index (Phi) is 2.64. The van der Waals surface area contributed by atoms with Crippen LogP contribution in [-0.2, 0) is 0 Å². The van der Waals surface area contributed by atoms with E-state index in [9.17, 15) is 0 Å². The molecule has 0 aliphatic rings. The smallest absolute Gasteiger partial charge is 0.0694 e. The van der Waals surface area contributed by atoms with E-state index in [1.165, 1.54) is 0 Å². The summed E-state index contributed by atoms with van der Waals surface area (Å²) in [6.45, 7) is 5.99. The van der Waals surface area contributed by atoms with Crippen LogP contribution in [0.3, 0.4) is 0 Å². The Bertz CT molecular complexity index is 543. The molecule has 0 bridgehead atoms. The van der Waals surface area contributed by atoms with Crippen molar-refractivity contribution in [2.75, 3.05) is 5.73 Å². The van der Waals surface area contributed by atoms with Crippen molar-refractivity contribution in [1.82, 2.24) is 9.78 Å². The third kappa shape index (κ3) is 1.78. The summed E-state index contributed by atoms with van der Waals surface area (Å²) in [5, 5.41) is 4.99. The maximum Gasteiger partial charge on any atom is 0.0694 e. The van der Waals surface area contributed by atoms with Crippen LogP contribution in [0.1, 0.15) is 17.0 Å². The molecule has 1 heterocycles. The van der Waals surface area contributed by atoms with Crippen molar-refractivity contribution in [1.29, 1.82) is 0 Å². The van der Waals surface area contributed by atoms with Crippen molar-refractivity contribution in [3.63, 3.8) is 0 Å². The van der Waals surface area contributed by atoms with Crippen molar-refractivity contribution in [2.45, 2.75) is 20.8 Å². The number of halogens is 1. The largest absolute Gasteiger partial charge is 0.398 e. The number of hydrogen-bond donors (Lipinski definition) is 1. The first-order valence-corrected chi connectivity index (χ1v) is 5.46. The molecule has 0 unspecified atom stereocenters. The molecule has 0 saturated carbocycles. The molecular weight excluding hydrogens is 222 g/mol. The molecule has 2 aromatic rings. The summed E-state index contributed by atoms with van der Waals surface area (Å²) >= 11 is 6.03. The second-order valence-corrected chi connectivity index (χ2v) is 4.41. The van der Waals surface area contributed by atoms with Gasteiger partial charge in [0.1, 0.15) is 0 Å². The van der Waals surface area contributed by atoms with Crippen LogP contribution in [0.5, 0.6) is 0 Å². The second kappa shape index (κ2) is 3.83. The maximum absolute atomic E-state index is 6.03. The lowest BCUT2D eigenvalue weighted by Crippen LogP contribution is -2.02. The second-order valence-electron chi connectivity index (χ2n) is 4.00. The van der Waals surface area contributed by atoms with Crippen molar-refractivity contribution in [3.8, 4) is 5.69 Å². The number of nitrogens with zero attached hydrogens (tertiary/aromatic N) is 2. The lowest BCUT2D eigenvalue weighted by Gasteiger charge is -2.10. The number of anilines is 1. The molecule has 0 amide bonds. The van der Waals surface area contributed by atoms with Crippen LogP contribution >= 0.6 is 11.6 Å². The molecule has 16 heavy (non-hydrogen) atoms. The molecule has 1 aromatic carbocycles. The van der Waals surface area contributed by atoms with Gasteiger partial charge in [0.2, 0.25) is 0 Å². The first-order valence-electron chi connectivity index (χ1n) is 5.08. The fraction of sp³-hybridized carbons (Fsp3) is 0.250. The fourth-order valence-electron chi connectivity index (χ4n) is 1.79. The summed E-state index contributed by atoms with van der Waals surface area (Å²) in [5.74, 6) is 0. The molecular formula is C12H14ClN3. The van der Waals surface area contributed by atoms with E-state index in [0.29, 0.717) is 10.7 Å². The van der Waals surface area contributed by atoms with E-state index in [4.69, 9.17) is 17.3 Å². The predicted octanol–water partition coefficient (Wildman–Crippen LogP) is 3.03. The molecule has 0 saturated heterocycles. The molecule has 2 rings (SSSR count). The molecule has 0 aliphatic heterocycles. The molecule has 0 spiro atoms. The number of benzene rings is 1. The molecule has 0 atom stereocenters. The lowest BCUT2D eigenvalue weighted by atomic mass is 10.2. The average molecular weight is 236 g/mol. The number of nitrogen functional groups attached to an aromatic ring is 1. The molecule has 2 N–H and O–H groups in total. The zero-order chi connectivity index (χ0) is 11.9. The van der Waals surface area contributed by atoms with Gasteiger partial charge in [0.05, 0.1) is 22.1 Å². The Balaban J connectivity index is 2.64. The van der Waals surface area contributed by atoms with Crippen molar-refractivity contribution < 1.29 is 0 Å². The summed E-state index contributed by atoms with van der Waals surface area (Å²) in [5.41, 5.74) is 10.5. The van der Waals surface area contributed by atoms with E-state index in [2.05, 4.69) is 5.10 Å². The maximum atomic E-state index is 6.03. The van der Waals surface area contributed by atoms with Gasteiger partial charge in [-0.15, -0.1) is 0 Å². The SMILES string of the molecule is Cc1cc(C)n(-c2cc(Cl)c(N)cc2C)n1. The highest BCUT2D eigenvalue weighted by Crippen LogP contribution is 2.26. The van der Waals surface area contributed by atoms with Crippen LogP contribution in [0.2, 0.25) is 5.02 Å². The van der Waals surface area contributed by atoms with Crippen LogP contribution < -0.4 is 5.73 Å². The zero-order valence-corrected chi connectivity index (χ0v) is 10.3. The van der Waals surface area contributed by atoms with E-state index < -0.39 is 0 Å². The molecule has 0 fully saturated rings. The van der Waals surface area contributed by atoms with Crippen molar-refractivity contribution >= 4 is 17.3 Å². The predicted molar refractivity (Wildman–Crippen MR) is 67.2 cm³/mol. The highest BCUT2D eigenvalue weighted by Gasteiger charge is 2.09. The summed E-state index contributed by atoms with van der Waals surface area (Å²) in [7, 11) is 0. The summed E-state index contributed by atoms with van der Waals surface area (Å²) in [6.07, 6.45) is 0. The van der Waals surface area contributed by atoms with Crippen LogP contribution in [0.15, 0.2) is 18.2 Å². The van der Waals surface area contributed by atoms with Crippen molar-refractivity contribution in [3.05, 3.63) is 40.2 Å². The number of hydrogen-bond acceptors (Lipinski definition) is 2. The molecule has 0 aliphatic carbocycles. The Morgan fingerprint density at radius 1 is 1.19 bits per heavy atom. The van der Waals surface area contributed by atoms with Gasteiger partial charge in [0.25, 0.3) is 0 Å². The molecule has 4 heteroatoms. The quantitative estimate of drug-likeness (QED) is 0.773. The van der Waals surface area contributed by atoms with Crippen LogP contribution in [0.25, 0.3) is 5.69 Å². The van der Waals surface area contributed by atoms with E-state index in [0.717, 1.165) is 22.6 Å². The van der Waals surface area contributed by atoms with Crippen LogP contribution in [0.4, 0.5) is 5.69 Å². The van der Waals surface area contributed by atoms with Crippen molar-refractivity contribution in [2.24, 2.45) is 0 Å². The third-order valence-corrected chi connectivity index (χ3v) is 2.88. The standard InChI is InChI=1S/C12H14ClN3/c1-7-4-11(14)10(13)6-12(7)16-9(3)5-8(2)15-16/h4-6H,14H2,1-3H3. The number of rotatable bonds is 1. The minimum atomic E-state index is 0.563. The van der Waals surface area contributed by atoms with Gasteiger partial charge >= 0.3 is 0 Å². The average Bonchev–Trinajstić information content (AvgIpc) is 2.51.